The van der Waals surface area contributed by atoms with Crippen LogP contribution in [0.1, 0.15) is 12.8 Å². The number of hydrogen-bond acceptors (Lipinski definition) is 3. The molecule has 6 nitrogen and oxygen atoms in total. The number of rotatable bonds is 2. The molecule has 19 heavy (non-hydrogen) atoms. The molecule has 0 radical (unpaired) electrons. The molecule has 1 aromatic carbocycles. The number of nitrogens with one attached hydrogen (secondary N) is 1. The van der Waals surface area contributed by atoms with Crippen molar-refractivity contribution >= 4 is 23.4 Å². The predicted octanol–water partition coefficient (Wildman–Crippen LogP) is 1.60. The van der Waals surface area contributed by atoms with Crippen molar-refractivity contribution < 1.29 is 14.7 Å². The summed E-state index contributed by atoms with van der Waals surface area (Å²) >= 11 is 0. The number of carbonyl (C=O) groups excluding carboxylic acids is 1. The lowest BCUT2D eigenvalue weighted by atomic mass is 9.99. The molecule has 1 atom stereocenters. The average molecular weight is 263 g/mol. The lowest BCUT2D eigenvalue weighted by Gasteiger charge is -2.30. The third kappa shape index (κ3) is 3.15. The van der Waals surface area contributed by atoms with Crippen molar-refractivity contribution in [3.63, 3.8) is 0 Å². The Morgan fingerprint density at radius 3 is 2.79 bits per heavy atom. The van der Waals surface area contributed by atoms with Gasteiger partial charge in [0.25, 0.3) is 0 Å². The fraction of sp³-hybridized carbons (Fsp3) is 0.385. The van der Waals surface area contributed by atoms with E-state index in [4.69, 9.17) is 10.8 Å². The lowest BCUT2D eigenvalue weighted by Crippen LogP contribution is -2.44. The molecule has 1 aliphatic heterocycles. The van der Waals surface area contributed by atoms with Gasteiger partial charge in [-0.15, -0.1) is 0 Å². The Morgan fingerprint density at radius 1 is 1.37 bits per heavy atom. The monoisotopic (exact) mass is 263 g/mol. The Morgan fingerprint density at radius 2 is 2.11 bits per heavy atom. The molecule has 1 aliphatic rings. The molecule has 6 heteroatoms. The number of aliphatic carboxylic acids is 1. The number of anilines is 2. The number of benzene rings is 1. The Hall–Kier alpha value is -2.24. The first kappa shape index (κ1) is 13.2. The van der Waals surface area contributed by atoms with Gasteiger partial charge in [-0.1, -0.05) is 12.1 Å². The molecule has 0 saturated carbocycles. The summed E-state index contributed by atoms with van der Waals surface area (Å²) in [6.07, 6.45) is 1.32. The van der Waals surface area contributed by atoms with E-state index in [1.54, 1.807) is 24.3 Å². The smallest absolute Gasteiger partial charge is 0.321 e. The number of likely N-dealkylation sites (tertiary alicyclic amines) is 1. The van der Waals surface area contributed by atoms with E-state index in [1.165, 1.54) is 4.90 Å². The molecule has 0 unspecified atom stereocenters. The number of nitrogens with two attached hydrogens (primary N) is 1. The van der Waals surface area contributed by atoms with Crippen LogP contribution in [0.4, 0.5) is 16.2 Å². The molecule has 0 spiro atoms. The molecule has 1 aromatic rings. The molecule has 0 bridgehead atoms. The van der Waals surface area contributed by atoms with E-state index >= 15 is 0 Å². The fourth-order valence-electron chi connectivity index (χ4n) is 2.17. The largest absolute Gasteiger partial charge is 0.481 e. The highest BCUT2D eigenvalue weighted by Gasteiger charge is 2.28. The number of carbonyl (C=O) groups is 2. The van der Waals surface area contributed by atoms with Gasteiger partial charge in [0, 0.05) is 13.1 Å². The maximum atomic E-state index is 12.1. The number of hydrogen-bond donors (Lipinski definition) is 3. The molecule has 2 amide bonds. The van der Waals surface area contributed by atoms with Gasteiger partial charge in [0.2, 0.25) is 0 Å². The van der Waals surface area contributed by atoms with E-state index < -0.39 is 11.9 Å². The summed E-state index contributed by atoms with van der Waals surface area (Å²) in [5.74, 6) is -1.33. The summed E-state index contributed by atoms with van der Waals surface area (Å²) in [4.78, 5) is 24.5. The molecular formula is C13H17N3O3. The summed E-state index contributed by atoms with van der Waals surface area (Å²) in [6.45, 7) is 0.816. The van der Waals surface area contributed by atoms with Crippen LogP contribution in [0.2, 0.25) is 0 Å². The van der Waals surface area contributed by atoms with Crippen molar-refractivity contribution in [1.82, 2.24) is 4.90 Å². The zero-order valence-electron chi connectivity index (χ0n) is 10.5. The number of nitrogen functional groups attached to an aromatic ring is 1. The highest BCUT2D eigenvalue weighted by Crippen LogP contribution is 2.20. The van der Waals surface area contributed by atoms with Crippen LogP contribution in [0.3, 0.4) is 0 Å². The molecule has 0 aromatic heterocycles. The third-order valence-corrected chi connectivity index (χ3v) is 3.26. The van der Waals surface area contributed by atoms with Crippen LogP contribution < -0.4 is 11.1 Å². The zero-order valence-corrected chi connectivity index (χ0v) is 10.5. The maximum Gasteiger partial charge on any atom is 0.321 e. The molecule has 1 saturated heterocycles. The van der Waals surface area contributed by atoms with E-state index in [0.717, 1.165) is 0 Å². The molecule has 1 heterocycles. The highest BCUT2D eigenvalue weighted by atomic mass is 16.4. The van der Waals surface area contributed by atoms with Gasteiger partial charge in [-0.05, 0) is 25.0 Å². The number of nitrogens with zero attached hydrogens (tertiary/aromatic N) is 1. The Labute approximate surface area is 111 Å². The SMILES string of the molecule is Nc1ccccc1NC(=O)N1CCC[C@H](C(=O)O)C1. The number of urea groups is 1. The van der Waals surface area contributed by atoms with Crippen molar-refractivity contribution in [2.45, 2.75) is 12.8 Å². The van der Waals surface area contributed by atoms with Crippen LogP contribution >= 0.6 is 0 Å². The summed E-state index contributed by atoms with van der Waals surface area (Å²) in [6, 6.07) is 6.68. The molecular weight excluding hydrogens is 246 g/mol. The standard InChI is InChI=1S/C13H17N3O3/c14-10-5-1-2-6-11(10)15-13(19)16-7-3-4-9(8-16)12(17)18/h1-2,5-6,9H,3-4,7-8,14H2,(H,15,19)(H,17,18)/t9-/m0/s1. The maximum absolute atomic E-state index is 12.1. The predicted molar refractivity (Wildman–Crippen MR) is 71.8 cm³/mol. The summed E-state index contributed by atoms with van der Waals surface area (Å²) in [5, 5.41) is 11.7. The van der Waals surface area contributed by atoms with Crippen LogP contribution in [0.15, 0.2) is 24.3 Å². The first-order chi connectivity index (χ1) is 9.08. The number of carboxylic acids is 1. The van der Waals surface area contributed by atoms with E-state index in [0.29, 0.717) is 30.8 Å². The van der Waals surface area contributed by atoms with Gasteiger partial charge < -0.3 is 21.1 Å². The van der Waals surface area contributed by atoms with Gasteiger partial charge >= 0.3 is 12.0 Å². The number of amides is 2. The molecule has 102 valence electrons. The summed E-state index contributed by atoms with van der Waals surface area (Å²) in [7, 11) is 0. The minimum atomic E-state index is -0.850. The van der Waals surface area contributed by atoms with Crippen molar-refractivity contribution in [3.8, 4) is 0 Å². The van der Waals surface area contributed by atoms with Crippen molar-refractivity contribution in [1.29, 1.82) is 0 Å². The number of para-hydroxylation sites is 2. The highest BCUT2D eigenvalue weighted by molar-refractivity contribution is 5.92. The molecule has 4 N–H and O–H groups in total. The normalized spacial score (nSPS) is 18.9. The van der Waals surface area contributed by atoms with Crippen LogP contribution in [-0.2, 0) is 4.79 Å². The first-order valence-electron chi connectivity index (χ1n) is 6.21. The number of piperidine rings is 1. The fourth-order valence-corrected chi connectivity index (χ4v) is 2.17. The van der Waals surface area contributed by atoms with E-state index in [-0.39, 0.29) is 12.6 Å². The van der Waals surface area contributed by atoms with E-state index in [1.807, 2.05) is 0 Å². The van der Waals surface area contributed by atoms with Crippen LogP contribution in [0.25, 0.3) is 0 Å². The quantitative estimate of drug-likeness (QED) is 0.706. The Bertz CT molecular complexity index is 490. The van der Waals surface area contributed by atoms with E-state index in [2.05, 4.69) is 5.32 Å². The van der Waals surface area contributed by atoms with Crippen molar-refractivity contribution in [2.24, 2.45) is 5.92 Å². The van der Waals surface area contributed by atoms with E-state index in [9.17, 15) is 9.59 Å². The van der Waals surface area contributed by atoms with Crippen LogP contribution in [0.5, 0.6) is 0 Å². The second-order valence-electron chi connectivity index (χ2n) is 4.64. The molecule has 0 aliphatic carbocycles. The molecule has 1 fully saturated rings. The van der Waals surface area contributed by atoms with Crippen LogP contribution in [0, 0.1) is 5.92 Å². The Kier molecular flexibility index (Phi) is 3.89. The average Bonchev–Trinajstić information content (AvgIpc) is 2.41. The zero-order chi connectivity index (χ0) is 13.8. The Balaban J connectivity index is 2.00. The minimum Gasteiger partial charge on any atom is -0.481 e. The van der Waals surface area contributed by atoms with Crippen molar-refractivity contribution in [2.75, 3.05) is 24.1 Å². The van der Waals surface area contributed by atoms with Crippen molar-refractivity contribution in [3.05, 3.63) is 24.3 Å². The first-order valence-corrected chi connectivity index (χ1v) is 6.21. The second kappa shape index (κ2) is 5.60. The third-order valence-electron chi connectivity index (χ3n) is 3.26. The van der Waals surface area contributed by atoms with Gasteiger partial charge in [-0.25, -0.2) is 4.79 Å². The number of carboxylic acid groups (broad SMARTS) is 1. The minimum absolute atomic E-state index is 0.244. The van der Waals surface area contributed by atoms with Gasteiger partial charge in [0.05, 0.1) is 17.3 Å². The van der Waals surface area contributed by atoms with Gasteiger partial charge in [-0.2, -0.15) is 0 Å². The van der Waals surface area contributed by atoms with Gasteiger partial charge in [-0.3, -0.25) is 4.79 Å². The van der Waals surface area contributed by atoms with Crippen LogP contribution in [-0.4, -0.2) is 35.1 Å². The molecule has 2 rings (SSSR count). The second-order valence-corrected chi connectivity index (χ2v) is 4.64. The summed E-state index contributed by atoms with van der Waals surface area (Å²) < 4.78 is 0. The van der Waals surface area contributed by atoms with Gasteiger partial charge in [0.15, 0.2) is 0 Å². The summed E-state index contributed by atoms with van der Waals surface area (Å²) in [5.41, 5.74) is 6.78. The topological polar surface area (TPSA) is 95.7 Å². The lowest BCUT2D eigenvalue weighted by molar-refractivity contribution is -0.143. The van der Waals surface area contributed by atoms with Gasteiger partial charge in [0.1, 0.15) is 0 Å².